The number of carboxylic acids is 1. The fourth-order valence-electron chi connectivity index (χ4n) is 2.00. The molecule has 106 valence electrons. The summed E-state index contributed by atoms with van der Waals surface area (Å²) < 4.78 is 20.4. The van der Waals surface area contributed by atoms with E-state index in [0.29, 0.717) is 23.4 Å². The fraction of sp³-hybridized carbons (Fsp3) is 0.286. The van der Waals surface area contributed by atoms with E-state index in [-0.39, 0.29) is 17.3 Å². The maximum Gasteiger partial charge on any atom is 0.343 e. The van der Waals surface area contributed by atoms with Crippen molar-refractivity contribution in [1.82, 2.24) is 9.78 Å². The molecule has 0 aliphatic carbocycles. The first-order valence-electron chi connectivity index (χ1n) is 6.17. The Balaban J connectivity index is 2.42. The SMILES string of the molecule is CCc1cc(Oc2c(C(=O)O)c(C)nn2C)ccc1F. The van der Waals surface area contributed by atoms with E-state index in [1.165, 1.54) is 16.8 Å². The number of carboxylic acid groups (broad SMARTS) is 1. The summed E-state index contributed by atoms with van der Waals surface area (Å²) in [6.45, 7) is 3.43. The minimum atomic E-state index is -1.11. The highest BCUT2D eigenvalue weighted by atomic mass is 19.1. The van der Waals surface area contributed by atoms with Crippen LogP contribution in [0.3, 0.4) is 0 Å². The van der Waals surface area contributed by atoms with E-state index in [4.69, 9.17) is 4.74 Å². The first kappa shape index (κ1) is 14.0. The first-order chi connectivity index (χ1) is 9.43. The molecule has 2 rings (SSSR count). The molecular formula is C14H15FN2O3. The third-order valence-electron chi connectivity index (χ3n) is 3.00. The van der Waals surface area contributed by atoms with Gasteiger partial charge in [0.2, 0.25) is 5.88 Å². The Morgan fingerprint density at radius 3 is 2.80 bits per heavy atom. The molecule has 0 saturated carbocycles. The van der Waals surface area contributed by atoms with Crippen molar-refractivity contribution in [2.45, 2.75) is 20.3 Å². The van der Waals surface area contributed by atoms with E-state index in [1.807, 2.05) is 6.92 Å². The van der Waals surface area contributed by atoms with Crippen molar-refractivity contribution in [3.05, 3.63) is 40.8 Å². The van der Waals surface area contributed by atoms with Crippen LogP contribution in [-0.4, -0.2) is 20.9 Å². The quantitative estimate of drug-likeness (QED) is 0.934. The van der Waals surface area contributed by atoms with Gasteiger partial charge in [-0.1, -0.05) is 6.92 Å². The van der Waals surface area contributed by atoms with E-state index in [1.54, 1.807) is 20.0 Å². The van der Waals surface area contributed by atoms with E-state index in [0.717, 1.165) is 0 Å². The Hall–Kier alpha value is -2.37. The summed E-state index contributed by atoms with van der Waals surface area (Å²) in [6, 6.07) is 4.32. The number of carbonyl (C=O) groups is 1. The van der Waals surface area contributed by atoms with Crippen LogP contribution in [0.4, 0.5) is 4.39 Å². The van der Waals surface area contributed by atoms with Crippen molar-refractivity contribution in [2.24, 2.45) is 7.05 Å². The minimum absolute atomic E-state index is 0.00914. The third-order valence-corrected chi connectivity index (χ3v) is 3.00. The lowest BCUT2D eigenvalue weighted by Crippen LogP contribution is -2.02. The minimum Gasteiger partial charge on any atom is -0.477 e. The predicted molar refractivity (Wildman–Crippen MR) is 70.8 cm³/mol. The molecular weight excluding hydrogens is 263 g/mol. The van der Waals surface area contributed by atoms with Gasteiger partial charge in [-0.25, -0.2) is 13.9 Å². The van der Waals surface area contributed by atoms with E-state index in [9.17, 15) is 14.3 Å². The van der Waals surface area contributed by atoms with Gasteiger partial charge in [0.25, 0.3) is 0 Å². The average molecular weight is 278 g/mol. The van der Waals surface area contributed by atoms with Gasteiger partial charge in [-0.2, -0.15) is 5.10 Å². The number of ether oxygens (including phenoxy) is 1. The predicted octanol–water partition coefficient (Wildman–Crippen LogP) is 2.92. The molecule has 1 heterocycles. The van der Waals surface area contributed by atoms with Crippen molar-refractivity contribution in [3.63, 3.8) is 0 Å². The van der Waals surface area contributed by atoms with E-state index in [2.05, 4.69) is 5.10 Å². The van der Waals surface area contributed by atoms with Gasteiger partial charge in [0.1, 0.15) is 17.1 Å². The molecule has 0 atom stereocenters. The lowest BCUT2D eigenvalue weighted by molar-refractivity contribution is 0.0693. The molecule has 2 aromatic rings. The van der Waals surface area contributed by atoms with Crippen LogP contribution >= 0.6 is 0 Å². The largest absolute Gasteiger partial charge is 0.477 e. The number of aryl methyl sites for hydroxylation is 3. The Morgan fingerprint density at radius 1 is 1.50 bits per heavy atom. The van der Waals surface area contributed by atoms with Gasteiger partial charge in [0, 0.05) is 7.05 Å². The summed E-state index contributed by atoms with van der Waals surface area (Å²) in [5.41, 5.74) is 0.890. The highest BCUT2D eigenvalue weighted by molar-refractivity contribution is 5.91. The first-order valence-corrected chi connectivity index (χ1v) is 6.17. The van der Waals surface area contributed by atoms with E-state index < -0.39 is 5.97 Å². The smallest absolute Gasteiger partial charge is 0.343 e. The zero-order chi connectivity index (χ0) is 14.9. The van der Waals surface area contributed by atoms with Crippen molar-refractivity contribution in [3.8, 4) is 11.6 Å². The number of aromatic carboxylic acids is 1. The zero-order valence-corrected chi connectivity index (χ0v) is 11.5. The Labute approximate surface area is 115 Å². The second-order valence-corrected chi connectivity index (χ2v) is 4.40. The maximum absolute atomic E-state index is 13.4. The summed E-state index contributed by atoms with van der Waals surface area (Å²) in [6.07, 6.45) is 0.527. The van der Waals surface area contributed by atoms with Crippen molar-refractivity contribution < 1.29 is 19.0 Å². The number of benzene rings is 1. The number of rotatable bonds is 4. The van der Waals surface area contributed by atoms with Crippen LogP contribution in [0.1, 0.15) is 28.5 Å². The van der Waals surface area contributed by atoms with Gasteiger partial charge in [0.05, 0.1) is 5.69 Å². The monoisotopic (exact) mass is 278 g/mol. The molecule has 0 amide bonds. The molecule has 6 heteroatoms. The molecule has 0 radical (unpaired) electrons. The topological polar surface area (TPSA) is 64.3 Å². The van der Waals surface area contributed by atoms with Crippen LogP contribution in [0.25, 0.3) is 0 Å². The molecule has 0 bridgehead atoms. The zero-order valence-electron chi connectivity index (χ0n) is 11.5. The number of aromatic nitrogens is 2. The number of halogens is 1. The van der Waals surface area contributed by atoms with Gasteiger partial charge in [-0.05, 0) is 37.1 Å². The molecule has 20 heavy (non-hydrogen) atoms. The molecule has 0 aliphatic rings. The van der Waals surface area contributed by atoms with Gasteiger partial charge < -0.3 is 9.84 Å². The maximum atomic E-state index is 13.4. The van der Waals surface area contributed by atoms with E-state index >= 15 is 0 Å². The average Bonchev–Trinajstić information content (AvgIpc) is 2.66. The number of hydrogen-bond donors (Lipinski definition) is 1. The van der Waals surface area contributed by atoms with Gasteiger partial charge >= 0.3 is 5.97 Å². The molecule has 1 aromatic carbocycles. The Kier molecular flexibility index (Phi) is 3.74. The lowest BCUT2D eigenvalue weighted by Gasteiger charge is -2.08. The van der Waals surface area contributed by atoms with Gasteiger partial charge in [0.15, 0.2) is 0 Å². The standard InChI is InChI=1S/C14H15FN2O3/c1-4-9-7-10(5-6-11(9)15)20-13-12(14(18)19)8(2)16-17(13)3/h5-7H,4H2,1-3H3,(H,18,19). The van der Waals surface area contributed by atoms with Gasteiger partial charge in [-0.3, -0.25) is 0 Å². The highest BCUT2D eigenvalue weighted by Crippen LogP contribution is 2.28. The second kappa shape index (κ2) is 5.32. The van der Waals surface area contributed by atoms with Crippen LogP contribution < -0.4 is 4.74 Å². The molecule has 0 fully saturated rings. The summed E-state index contributed by atoms with van der Waals surface area (Å²) in [4.78, 5) is 11.2. The van der Waals surface area contributed by atoms with Crippen LogP contribution in [-0.2, 0) is 13.5 Å². The molecule has 5 nitrogen and oxygen atoms in total. The molecule has 0 aliphatic heterocycles. The molecule has 0 unspecified atom stereocenters. The molecule has 1 N–H and O–H groups in total. The molecule has 0 spiro atoms. The summed E-state index contributed by atoms with van der Waals surface area (Å²) in [5.74, 6) is -0.902. The van der Waals surface area contributed by atoms with Crippen LogP contribution in [0.5, 0.6) is 11.6 Å². The van der Waals surface area contributed by atoms with Crippen molar-refractivity contribution in [2.75, 3.05) is 0 Å². The number of nitrogens with zero attached hydrogens (tertiary/aromatic N) is 2. The van der Waals surface area contributed by atoms with Crippen molar-refractivity contribution >= 4 is 5.97 Å². The van der Waals surface area contributed by atoms with Crippen LogP contribution in [0, 0.1) is 12.7 Å². The lowest BCUT2D eigenvalue weighted by atomic mass is 10.1. The normalized spacial score (nSPS) is 10.6. The Bertz CT molecular complexity index is 665. The second-order valence-electron chi connectivity index (χ2n) is 4.40. The third kappa shape index (κ3) is 2.49. The number of hydrogen-bond acceptors (Lipinski definition) is 3. The molecule has 1 aromatic heterocycles. The van der Waals surface area contributed by atoms with Crippen LogP contribution in [0.15, 0.2) is 18.2 Å². The summed E-state index contributed by atoms with van der Waals surface area (Å²) in [5, 5.41) is 13.2. The van der Waals surface area contributed by atoms with Crippen LogP contribution in [0.2, 0.25) is 0 Å². The highest BCUT2D eigenvalue weighted by Gasteiger charge is 2.21. The Morgan fingerprint density at radius 2 is 2.20 bits per heavy atom. The molecule has 0 saturated heterocycles. The fourth-order valence-corrected chi connectivity index (χ4v) is 2.00. The van der Waals surface area contributed by atoms with Crippen molar-refractivity contribution in [1.29, 1.82) is 0 Å². The summed E-state index contributed by atoms with van der Waals surface area (Å²) in [7, 11) is 1.60. The van der Waals surface area contributed by atoms with Gasteiger partial charge in [-0.15, -0.1) is 0 Å². The summed E-state index contributed by atoms with van der Waals surface area (Å²) >= 11 is 0.